The number of rotatable bonds is 25. The van der Waals surface area contributed by atoms with Crippen molar-refractivity contribution in [2.24, 2.45) is 0 Å². The minimum Gasteiger partial charge on any atom is -0.394 e. The second kappa shape index (κ2) is 25.0. The highest BCUT2D eigenvalue weighted by Gasteiger charge is 2.44. The van der Waals surface area contributed by atoms with E-state index in [1.165, 1.54) is 25.7 Å². The number of carbonyl (C=O) groups excluding carboxylic acids is 1. The molecule has 6 N–H and O–H groups in total. The van der Waals surface area contributed by atoms with Crippen LogP contribution in [0.25, 0.3) is 0 Å². The van der Waals surface area contributed by atoms with Gasteiger partial charge in [-0.05, 0) is 38.5 Å². The van der Waals surface area contributed by atoms with E-state index < -0.39 is 49.5 Å². The van der Waals surface area contributed by atoms with Crippen LogP contribution >= 0.6 is 0 Å². The number of carbonyl (C=O) groups is 1. The summed E-state index contributed by atoms with van der Waals surface area (Å²) in [5.74, 6) is -0.168. The zero-order valence-electron chi connectivity index (χ0n) is 26.2. The molecule has 9 nitrogen and oxygen atoms in total. The van der Waals surface area contributed by atoms with Gasteiger partial charge in [-0.2, -0.15) is 0 Å². The van der Waals surface area contributed by atoms with Crippen molar-refractivity contribution in [2.45, 2.75) is 166 Å². The first kappa shape index (κ1) is 38.7. The summed E-state index contributed by atoms with van der Waals surface area (Å²) in [6, 6.07) is -0.718. The first-order valence-electron chi connectivity index (χ1n) is 16.5. The topological polar surface area (TPSA) is 149 Å². The first-order chi connectivity index (χ1) is 20.3. The average Bonchev–Trinajstić information content (AvgIpc) is 2.98. The van der Waals surface area contributed by atoms with Gasteiger partial charge in [0, 0.05) is 6.42 Å². The van der Waals surface area contributed by atoms with Crippen molar-refractivity contribution in [1.82, 2.24) is 5.32 Å². The summed E-state index contributed by atoms with van der Waals surface area (Å²) >= 11 is 0. The number of amides is 1. The Bertz CT molecular complexity index is 716. The van der Waals surface area contributed by atoms with Crippen molar-refractivity contribution in [3.63, 3.8) is 0 Å². The van der Waals surface area contributed by atoms with E-state index in [-0.39, 0.29) is 12.5 Å². The van der Waals surface area contributed by atoms with Crippen molar-refractivity contribution in [3.05, 3.63) is 24.3 Å². The lowest BCUT2D eigenvalue weighted by atomic mass is 9.99. The van der Waals surface area contributed by atoms with Gasteiger partial charge in [0.2, 0.25) is 5.91 Å². The van der Waals surface area contributed by atoms with Crippen molar-refractivity contribution >= 4 is 5.91 Å². The van der Waals surface area contributed by atoms with Gasteiger partial charge < -0.3 is 40.3 Å². The smallest absolute Gasteiger partial charge is 0.220 e. The van der Waals surface area contributed by atoms with Crippen LogP contribution in [0, 0.1) is 0 Å². The summed E-state index contributed by atoms with van der Waals surface area (Å²) in [7, 11) is 0. The predicted molar refractivity (Wildman–Crippen MR) is 166 cm³/mol. The van der Waals surface area contributed by atoms with Gasteiger partial charge in [-0.3, -0.25) is 4.79 Å². The molecule has 1 heterocycles. The predicted octanol–water partition coefficient (Wildman–Crippen LogP) is 4.43. The SMILES string of the molecule is CCC/C=C\C/C=C\CCCCCCCC(=O)NC(COC1OC(CO)C(O)C(O)C1O)C(O)CCCCCCCC. The Hall–Kier alpha value is -1.33. The number of hydrogen-bond acceptors (Lipinski definition) is 8. The number of aliphatic hydroxyl groups excluding tert-OH is 5. The third kappa shape index (κ3) is 17.1. The van der Waals surface area contributed by atoms with Gasteiger partial charge in [0.05, 0.1) is 25.4 Å². The maximum absolute atomic E-state index is 12.7. The van der Waals surface area contributed by atoms with Crippen LogP contribution in [0.2, 0.25) is 0 Å². The van der Waals surface area contributed by atoms with Gasteiger partial charge in [-0.15, -0.1) is 0 Å². The second-order valence-electron chi connectivity index (χ2n) is 11.6. The molecule has 0 spiro atoms. The zero-order valence-corrected chi connectivity index (χ0v) is 26.2. The minimum atomic E-state index is -1.55. The normalized spacial score (nSPS) is 24.4. The number of nitrogens with one attached hydrogen (secondary N) is 1. The van der Waals surface area contributed by atoms with Crippen LogP contribution in [-0.2, 0) is 14.3 Å². The Morgan fingerprint density at radius 1 is 0.810 bits per heavy atom. The molecule has 0 radical (unpaired) electrons. The van der Waals surface area contributed by atoms with Crippen LogP contribution in [0.3, 0.4) is 0 Å². The van der Waals surface area contributed by atoms with E-state index in [2.05, 4.69) is 43.5 Å². The molecule has 246 valence electrons. The molecule has 9 heteroatoms. The van der Waals surface area contributed by atoms with Gasteiger partial charge in [-0.1, -0.05) is 102 Å². The van der Waals surface area contributed by atoms with Gasteiger partial charge in [0.15, 0.2) is 6.29 Å². The van der Waals surface area contributed by atoms with Crippen LogP contribution in [0.15, 0.2) is 24.3 Å². The van der Waals surface area contributed by atoms with Crippen molar-refractivity contribution in [1.29, 1.82) is 0 Å². The van der Waals surface area contributed by atoms with Crippen LogP contribution < -0.4 is 5.32 Å². The lowest BCUT2D eigenvalue weighted by molar-refractivity contribution is -0.302. The van der Waals surface area contributed by atoms with Crippen molar-refractivity contribution < 1.29 is 39.8 Å². The van der Waals surface area contributed by atoms with Crippen LogP contribution in [-0.4, -0.2) is 87.5 Å². The number of hydrogen-bond donors (Lipinski definition) is 6. The summed E-state index contributed by atoms with van der Waals surface area (Å²) < 4.78 is 11.1. The maximum atomic E-state index is 12.7. The van der Waals surface area contributed by atoms with E-state index in [1.54, 1.807) is 0 Å². The molecular formula is C33H61NO8. The molecule has 7 unspecified atom stereocenters. The third-order valence-electron chi connectivity index (χ3n) is 7.79. The zero-order chi connectivity index (χ0) is 31.0. The van der Waals surface area contributed by atoms with E-state index in [0.29, 0.717) is 12.8 Å². The molecule has 7 atom stereocenters. The number of aliphatic hydroxyl groups is 5. The van der Waals surface area contributed by atoms with Crippen molar-refractivity contribution in [3.8, 4) is 0 Å². The molecule has 42 heavy (non-hydrogen) atoms. The number of ether oxygens (including phenoxy) is 2. The van der Waals surface area contributed by atoms with Crippen LogP contribution in [0.1, 0.15) is 123 Å². The van der Waals surface area contributed by atoms with Crippen LogP contribution in [0.5, 0.6) is 0 Å². The molecule has 0 aromatic heterocycles. The summed E-state index contributed by atoms with van der Waals surface area (Å²) in [5.41, 5.74) is 0. The molecule has 0 aliphatic carbocycles. The highest BCUT2D eigenvalue weighted by Crippen LogP contribution is 2.22. The van der Waals surface area contributed by atoms with E-state index >= 15 is 0 Å². The molecule has 1 rings (SSSR count). The fourth-order valence-electron chi connectivity index (χ4n) is 5.02. The summed E-state index contributed by atoms with van der Waals surface area (Å²) in [5, 5.41) is 53.5. The molecule has 0 aromatic rings. The lowest BCUT2D eigenvalue weighted by Gasteiger charge is -2.40. The highest BCUT2D eigenvalue weighted by molar-refractivity contribution is 5.76. The lowest BCUT2D eigenvalue weighted by Crippen LogP contribution is -2.60. The van der Waals surface area contributed by atoms with E-state index in [9.17, 15) is 30.3 Å². The largest absolute Gasteiger partial charge is 0.394 e. The summed E-state index contributed by atoms with van der Waals surface area (Å²) in [4.78, 5) is 12.7. The van der Waals surface area contributed by atoms with Gasteiger partial charge >= 0.3 is 0 Å². The molecule has 1 aliphatic rings. The van der Waals surface area contributed by atoms with E-state index in [0.717, 1.165) is 70.6 Å². The summed E-state index contributed by atoms with van der Waals surface area (Å²) in [6.07, 6.45) is 17.9. The van der Waals surface area contributed by atoms with Crippen LogP contribution in [0.4, 0.5) is 0 Å². The third-order valence-corrected chi connectivity index (χ3v) is 7.79. The highest BCUT2D eigenvalue weighted by atomic mass is 16.7. The Kier molecular flexibility index (Phi) is 23.1. The van der Waals surface area contributed by atoms with E-state index in [4.69, 9.17) is 9.47 Å². The molecular weight excluding hydrogens is 538 g/mol. The van der Waals surface area contributed by atoms with Crippen molar-refractivity contribution in [2.75, 3.05) is 13.2 Å². The fraction of sp³-hybridized carbons (Fsp3) is 0.848. The molecule has 1 fully saturated rings. The van der Waals surface area contributed by atoms with Gasteiger partial charge in [0.1, 0.15) is 24.4 Å². The fourth-order valence-corrected chi connectivity index (χ4v) is 5.02. The Labute approximate surface area is 254 Å². The Morgan fingerprint density at radius 3 is 2.14 bits per heavy atom. The second-order valence-corrected chi connectivity index (χ2v) is 11.6. The quantitative estimate of drug-likeness (QED) is 0.0667. The number of allylic oxidation sites excluding steroid dienone is 4. The molecule has 1 amide bonds. The number of unbranched alkanes of at least 4 members (excludes halogenated alkanes) is 11. The Morgan fingerprint density at radius 2 is 1.45 bits per heavy atom. The molecule has 0 aromatic carbocycles. The standard InChI is InChI=1S/C33H61NO8/c1-3-5-7-9-11-12-13-14-15-16-17-19-21-23-29(37)34-26(27(36)22-20-18-10-8-6-4-2)25-41-33-32(40)31(39)30(38)28(24-35)42-33/h7,9,12-13,26-28,30-33,35-36,38-40H,3-6,8,10-11,14-25H2,1-2H3,(H,34,37)/b9-7-,13-12-. The Balaban J connectivity index is 2.46. The minimum absolute atomic E-state index is 0.145. The maximum Gasteiger partial charge on any atom is 0.220 e. The molecule has 1 saturated heterocycles. The average molecular weight is 600 g/mol. The monoisotopic (exact) mass is 599 g/mol. The van der Waals surface area contributed by atoms with Gasteiger partial charge in [-0.25, -0.2) is 0 Å². The van der Waals surface area contributed by atoms with E-state index in [1.807, 2.05) is 0 Å². The first-order valence-corrected chi connectivity index (χ1v) is 16.5. The summed E-state index contributed by atoms with van der Waals surface area (Å²) in [6.45, 7) is 3.64. The molecule has 0 saturated carbocycles. The molecule has 0 bridgehead atoms. The van der Waals surface area contributed by atoms with Gasteiger partial charge in [0.25, 0.3) is 0 Å². The molecule has 1 aliphatic heterocycles.